The molecule has 0 unspecified atom stereocenters. The van der Waals surface area contributed by atoms with Crippen LogP contribution in [0.25, 0.3) is 0 Å². The van der Waals surface area contributed by atoms with Crippen molar-refractivity contribution in [2.75, 3.05) is 25.1 Å². The van der Waals surface area contributed by atoms with Crippen LogP contribution < -0.4 is 11.3 Å². The van der Waals surface area contributed by atoms with Gasteiger partial charge in [-0.05, 0) is 24.8 Å². The summed E-state index contributed by atoms with van der Waals surface area (Å²) in [4.78, 5) is 4.07. The fourth-order valence-corrected chi connectivity index (χ4v) is 3.61. The van der Waals surface area contributed by atoms with E-state index in [-0.39, 0.29) is 17.4 Å². The molecule has 1 aromatic heterocycles. The number of aliphatic hydroxyl groups excluding tert-OH is 1. The average molecular weight is 286 g/mol. The van der Waals surface area contributed by atoms with E-state index in [9.17, 15) is 8.42 Å². The Morgan fingerprint density at radius 1 is 1.47 bits per heavy atom. The number of hydrogen-bond donors (Lipinski definition) is 3. The van der Waals surface area contributed by atoms with Gasteiger partial charge in [0, 0.05) is 32.0 Å². The van der Waals surface area contributed by atoms with Gasteiger partial charge in [0.05, 0.1) is 4.90 Å². The highest BCUT2D eigenvalue weighted by Gasteiger charge is 2.29. The van der Waals surface area contributed by atoms with Gasteiger partial charge in [-0.1, -0.05) is 0 Å². The molecule has 0 spiro atoms. The van der Waals surface area contributed by atoms with Crippen LogP contribution in [-0.4, -0.2) is 42.5 Å². The lowest BCUT2D eigenvalue weighted by molar-refractivity contribution is 0.170. The van der Waals surface area contributed by atoms with E-state index in [4.69, 9.17) is 10.9 Å². The monoisotopic (exact) mass is 286 g/mol. The second-order valence-corrected chi connectivity index (χ2v) is 6.49. The number of sulfonamides is 1. The number of nitrogens with two attached hydrogens (primary N) is 1. The van der Waals surface area contributed by atoms with Crippen LogP contribution in [0.15, 0.2) is 23.2 Å². The van der Waals surface area contributed by atoms with Gasteiger partial charge in [0.2, 0.25) is 10.0 Å². The van der Waals surface area contributed by atoms with Gasteiger partial charge >= 0.3 is 0 Å². The summed E-state index contributed by atoms with van der Waals surface area (Å²) in [6.45, 7) is 0.979. The maximum Gasteiger partial charge on any atom is 0.243 e. The van der Waals surface area contributed by atoms with Gasteiger partial charge in [-0.25, -0.2) is 19.2 Å². The van der Waals surface area contributed by atoms with Crippen molar-refractivity contribution in [3.8, 4) is 0 Å². The third kappa shape index (κ3) is 3.03. The number of hydrazine groups is 1. The molecule has 1 aliphatic rings. The van der Waals surface area contributed by atoms with Crippen LogP contribution in [0.4, 0.5) is 5.82 Å². The third-order valence-corrected chi connectivity index (χ3v) is 5.24. The molecule has 2 heterocycles. The molecular formula is C11H18N4O3S. The van der Waals surface area contributed by atoms with Crippen LogP contribution in [0, 0.1) is 5.92 Å². The van der Waals surface area contributed by atoms with Crippen LogP contribution >= 0.6 is 0 Å². The number of nitrogens with zero attached hydrogens (tertiary/aromatic N) is 2. The van der Waals surface area contributed by atoms with Crippen molar-refractivity contribution in [3.63, 3.8) is 0 Å². The molecule has 1 fully saturated rings. The van der Waals surface area contributed by atoms with Crippen LogP contribution in [0.5, 0.6) is 0 Å². The van der Waals surface area contributed by atoms with Crippen LogP contribution in [-0.2, 0) is 10.0 Å². The van der Waals surface area contributed by atoms with Crippen molar-refractivity contribution in [3.05, 3.63) is 18.3 Å². The Balaban J connectivity index is 2.18. The van der Waals surface area contributed by atoms with E-state index in [1.165, 1.54) is 22.6 Å². The molecule has 0 bridgehead atoms. The van der Waals surface area contributed by atoms with Gasteiger partial charge in [0.1, 0.15) is 5.82 Å². The van der Waals surface area contributed by atoms with Crippen molar-refractivity contribution in [2.24, 2.45) is 11.8 Å². The summed E-state index contributed by atoms with van der Waals surface area (Å²) in [5.41, 5.74) is 2.33. The second kappa shape index (κ2) is 5.83. The van der Waals surface area contributed by atoms with E-state index in [1.807, 2.05) is 0 Å². The smallest absolute Gasteiger partial charge is 0.243 e. The molecule has 0 radical (unpaired) electrons. The zero-order chi connectivity index (χ0) is 13.9. The lowest BCUT2D eigenvalue weighted by atomic mass is 10.00. The lowest BCUT2D eigenvalue weighted by Crippen LogP contribution is -2.39. The van der Waals surface area contributed by atoms with E-state index in [2.05, 4.69) is 10.4 Å². The molecule has 2 rings (SSSR count). The minimum atomic E-state index is -3.51. The van der Waals surface area contributed by atoms with Gasteiger partial charge in [0.25, 0.3) is 0 Å². The van der Waals surface area contributed by atoms with E-state index >= 15 is 0 Å². The van der Waals surface area contributed by atoms with Crippen LogP contribution in [0.2, 0.25) is 0 Å². The molecule has 0 aliphatic carbocycles. The average Bonchev–Trinajstić information content (AvgIpc) is 2.47. The predicted octanol–water partition coefficient (Wildman–Crippen LogP) is -0.240. The zero-order valence-corrected chi connectivity index (χ0v) is 11.3. The fraction of sp³-hybridized carbons (Fsp3) is 0.545. The number of pyridine rings is 1. The molecule has 4 N–H and O–H groups in total. The molecule has 1 aromatic rings. The van der Waals surface area contributed by atoms with Crippen LogP contribution in [0.1, 0.15) is 12.8 Å². The highest BCUT2D eigenvalue weighted by atomic mass is 32.2. The van der Waals surface area contributed by atoms with Crippen molar-refractivity contribution in [1.82, 2.24) is 9.29 Å². The summed E-state index contributed by atoms with van der Waals surface area (Å²) in [6.07, 6.45) is 2.77. The maximum absolute atomic E-state index is 12.4. The van der Waals surface area contributed by atoms with Gasteiger partial charge < -0.3 is 10.5 Å². The fourth-order valence-electron chi connectivity index (χ4n) is 2.13. The Morgan fingerprint density at radius 3 is 2.74 bits per heavy atom. The normalized spacial score (nSPS) is 18.4. The number of rotatable bonds is 4. The summed E-state index contributed by atoms with van der Waals surface area (Å²) >= 11 is 0. The molecule has 106 valence electrons. The van der Waals surface area contributed by atoms with Crippen molar-refractivity contribution in [2.45, 2.75) is 17.7 Å². The van der Waals surface area contributed by atoms with Gasteiger partial charge in [-0.15, -0.1) is 0 Å². The van der Waals surface area contributed by atoms with Crippen LogP contribution in [0.3, 0.4) is 0 Å². The first-order valence-corrected chi connectivity index (χ1v) is 7.55. The number of nitrogens with one attached hydrogen (secondary N) is 1. The summed E-state index contributed by atoms with van der Waals surface area (Å²) in [5.74, 6) is 5.74. The molecular weight excluding hydrogens is 268 g/mol. The lowest BCUT2D eigenvalue weighted by Gasteiger charge is -2.30. The number of aliphatic hydroxyl groups is 1. The Bertz CT molecular complexity index is 526. The summed E-state index contributed by atoms with van der Waals surface area (Å²) in [6, 6.07) is 2.86. The highest BCUT2D eigenvalue weighted by molar-refractivity contribution is 7.89. The maximum atomic E-state index is 12.4. The molecule has 0 atom stereocenters. The van der Waals surface area contributed by atoms with E-state index in [0.29, 0.717) is 31.7 Å². The predicted molar refractivity (Wildman–Crippen MR) is 70.6 cm³/mol. The highest BCUT2D eigenvalue weighted by Crippen LogP contribution is 2.24. The third-order valence-electron chi connectivity index (χ3n) is 3.35. The Labute approximate surface area is 112 Å². The molecule has 0 amide bonds. The summed E-state index contributed by atoms with van der Waals surface area (Å²) in [5, 5.41) is 9.07. The SMILES string of the molecule is NNc1cc(S(=O)(=O)N2CCC(CO)CC2)ccn1. The minimum absolute atomic E-state index is 0.115. The Morgan fingerprint density at radius 2 is 2.16 bits per heavy atom. The van der Waals surface area contributed by atoms with Crippen molar-refractivity contribution < 1.29 is 13.5 Å². The number of anilines is 1. The first-order valence-electron chi connectivity index (χ1n) is 6.11. The van der Waals surface area contributed by atoms with E-state index in [0.717, 1.165) is 0 Å². The van der Waals surface area contributed by atoms with Gasteiger partial charge in [0.15, 0.2) is 0 Å². The summed E-state index contributed by atoms with van der Waals surface area (Å²) < 4.78 is 26.3. The zero-order valence-electron chi connectivity index (χ0n) is 10.5. The largest absolute Gasteiger partial charge is 0.396 e. The standard InChI is InChI=1S/C11H18N4O3S/c12-14-11-7-10(1-4-13-11)19(17,18)15-5-2-9(8-16)3-6-15/h1,4,7,9,16H,2-3,5-6,8,12H2,(H,13,14). The molecule has 8 heteroatoms. The molecule has 19 heavy (non-hydrogen) atoms. The number of piperidine rings is 1. The quantitative estimate of drug-likeness (QED) is 0.521. The topological polar surface area (TPSA) is 109 Å². The molecule has 7 nitrogen and oxygen atoms in total. The molecule has 1 aliphatic heterocycles. The first kappa shape index (κ1) is 14.2. The van der Waals surface area contributed by atoms with Gasteiger partial charge in [-0.3, -0.25) is 0 Å². The Hall–Kier alpha value is -1.22. The molecule has 1 saturated heterocycles. The molecule has 0 saturated carbocycles. The number of nitrogen functional groups attached to an aromatic ring is 1. The first-order chi connectivity index (χ1) is 9.07. The van der Waals surface area contributed by atoms with Crippen molar-refractivity contribution in [1.29, 1.82) is 0 Å². The van der Waals surface area contributed by atoms with Crippen molar-refractivity contribution >= 4 is 15.8 Å². The van der Waals surface area contributed by atoms with Gasteiger partial charge in [-0.2, -0.15) is 4.31 Å². The summed E-state index contributed by atoms with van der Waals surface area (Å²) in [7, 11) is -3.51. The molecule has 0 aromatic carbocycles. The number of hydrogen-bond acceptors (Lipinski definition) is 6. The number of aromatic nitrogens is 1. The second-order valence-electron chi connectivity index (χ2n) is 4.55. The van der Waals surface area contributed by atoms with E-state index in [1.54, 1.807) is 0 Å². The Kier molecular flexibility index (Phi) is 4.35. The van der Waals surface area contributed by atoms with E-state index < -0.39 is 10.0 Å². The minimum Gasteiger partial charge on any atom is -0.396 e.